The lowest BCUT2D eigenvalue weighted by atomic mass is 9.93. The largest absolute Gasteiger partial charge is 0.493 e. The molecule has 1 N–H and O–H groups in total. The molecule has 1 aromatic heterocycles. The van der Waals surface area contributed by atoms with E-state index in [2.05, 4.69) is 59.0 Å². The van der Waals surface area contributed by atoms with E-state index in [4.69, 9.17) is 25.8 Å². The van der Waals surface area contributed by atoms with E-state index in [1.165, 1.54) is 19.3 Å². The number of nitriles is 1. The van der Waals surface area contributed by atoms with Crippen molar-refractivity contribution < 1.29 is 24.1 Å². The number of hydrogen-bond acceptors (Lipinski definition) is 8. The molecule has 0 radical (unpaired) electrons. The average molecular weight is 751 g/mol. The minimum absolute atomic E-state index is 0.118. The van der Waals surface area contributed by atoms with Crippen LogP contribution in [-0.2, 0) is 24.6 Å². The number of aromatic nitrogens is 1. The zero-order valence-electron chi connectivity index (χ0n) is 31.5. The van der Waals surface area contributed by atoms with Crippen LogP contribution in [0.1, 0.15) is 84.7 Å². The van der Waals surface area contributed by atoms with E-state index in [-0.39, 0.29) is 19.1 Å². The van der Waals surface area contributed by atoms with Crippen molar-refractivity contribution in [2.45, 2.75) is 91.0 Å². The van der Waals surface area contributed by atoms with E-state index in [9.17, 15) is 15.2 Å². The average Bonchev–Trinajstić information content (AvgIpc) is 3.18. The molecule has 10 heteroatoms. The number of benzene rings is 3. The summed E-state index contributed by atoms with van der Waals surface area (Å²) in [5, 5.41) is 19.2. The number of carbonyl (C=O) groups is 1. The maximum Gasteiger partial charge on any atom is 0.304 e. The second-order valence-corrected chi connectivity index (χ2v) is 14.9. The molecule has 2 aliphatic rings. The van der Waals surface area contributed by atoms with Gasteiger partial charge in [-0.2, -0.15) is 5.26 Å². The molecule has 3 aromatic carbocycles. The van der Waals surface area contributed by atoms with Crippen LogP contribution < -0.4 is 14.2 Å². The Balaban J connectivity index is 1.13. The lowest BCUT2D eigenvalue weighted by Crippen LogP contribution is -2.41. The van der Waals surface area contributed by atoms with E-state index in [0.29, 0.717) is 35.3 Å². The molecule has 2 fully saturated rings. The highest BCUT2D eigenvalue weighted by Crippen LogP contribution is 2.37. The number of piperidine rings is 2. The van der Waals surface area contributed by atoms with Gasteiger partial charge >= 0.3 is 5.97 Å². The number of carboxylic acid groups (broad SMARTS) is 1. The predicted molar refractivity (Wildman–Crippen MR) is 211 cm³/mol. The molecule has 1 atom stereocenters. The Hall–Kier alpha value is -4.62. The second-order valence-electron chi connectivity index (χ2n) is 14.5. The lowest BCUT2D eigenvalue weighted by molar-refractivity contribution is -0.138. The quantitative estimate of drug-likeness (QED) is 0.112. The van der Waals surface area contributed by atoms with Gasteiger partial charge in [0.25, 0.3) is 0 Å². The summed E-state index contributed by atoms with van der Waals surface area (Å²) in [5.74, 6) is 1.38. The van der Waals surface area contributed by atoms with Crippen LogP contribution in [-0.4, -0.2) is 64.7 Å². The van der Waals surface area contributed by atoms with Gasteiger partial charge in [0.2, 0.25) is 0 Å². The van der Waals surface area contributed by atoms with Gasteiger partial charge in [0.1, 0.15) is 36.5 Å². The van der Waals surface area contributed by atoms with Gasteiger partial charge in [0.05, 0.1) is 23.6 Å². The van der Waals surface area contributed by atoms with Gasteiger partial charge in [-0.1, -0.05) is 54.8 Å². The highest BCUT2D eigenvalue weighted by molar-refractivity contribution is 6.32. The number of carboxylic acids is 1. The summed E-state index contributed by atoms with van der Waals surface area (Å²) in [6, 6.07) is 20.4. The summed E-state index contributed by atoms with van der Waals surface area (Å²) in [5.41, 5.74) is 7.77. The van der Waals surface area contributed by atoms with Crippen LogP contribution in [0.25, 0.3) is 11.1 Å². The zero-order valence-corrected chi connectivity index (χ0v) is 32.2. The Bertz CT molecular complexity index is 1940. The van der Waals surface area contributed by atoms with Gasteiger partial charge < -0.3 is 19.3 Å². The summed E-state index contributed by atoms with van der Waals surface area (Å²) >= 11 is 6.89. The number of nitrogens with zero attached hydrogens (tertiary/aromatic N) is 4. The molecule has 1 unspecified atom stereocenters. The molecule has 6 rings (SSSR count). The second kappa shape index (κ2) is 19.1. The van der Waals surface area contributed by atoms with Crippen LogP contribution in [0.4, 0.5) is 0 Å². The van der Waals surface area contributed by atoms with Gasteiger partial charge in [-0.3, -0.25) is 19.6 Å². The first-order valence-corrected chi connectivity index (χ1v) is 19.6. The lowest BCUT2D eigenvalue weighted by Gasteiger charge is -2.34. The SMILES string of the molecule is Cc1c(COc2cc(OCc3cncc(C#N)c3)c(CN3CCCCC3)cc2Cl)cccc1-c1cccc(OCCCN2CCCCC2CC(=O)O)c1C. The third-order valence-corrected chi connectivity index (χ3v) is 11.0. The van der Waals surface area contributed by atoms with Crippen molar-refractivity contribution in [2.24, 2.45) is 0 Å². The molecule has 0 amide bonds. The third kappa shape index (κ3) is 10.3. The van der Waals surface area contributed by atoms with Crippen LogP contribution in [0, 0.1) is 25.2 Å². The van der Waals surface area contributed by atoms with E-state index in [0.717, 1.165) is 103 Å². The van der Waals surface area contributed by atoms with Gasteiger partial charge in [0, 0.05) is 48.7 Å². The number of hydrogen-bond donors (Lipinski definition) is 1. The Morgan fingerprint density at radius 2 is 1.63 bits per heavy atom. The normalized spacial score (nSPS) is 16.4. The standard InChI is InChI=1S/C44H51ClN4O5/c1-31-35(11-8-13-38(31)39-14-9-15-41(32(39)2)52-20-10-19-49-18-7-4-12-37(49)23-44(50)51)30-54-43-24-42(53-29-34-21-33(25-46)26-47-27-34)36(22-40(43)45)28-48-16-5-3-6-17-48/h8-9,11,13-15,21-22,24,26-27,37H,3-7,10,12,16-20,23,28-30H2,1-2H3,(H,50,51). The fourth-order valence-corrected chi connectivity index (χ4v) is 7.92. The summed E-state index contributed by atoms with van der Waals surface area (Å²) < 4.78 is 19.1. The summed E-state index contributed by atoms with van der Waals surface area (Å²) in [6.45, 7) is 10.00. The Labute approximate surface area is 324 Å². The molecule has 9 nitrogen and oxygen atoms in total. The monoisotopic (exact) mass is 750 g/mol. The first-order chi connectivity index (χ1) is 26.3. The highest BCUT2D eigenvalue weighted by atomic mass is 35.5. The zero-order chi connectivity index (χ0) is 37.9. The number of halogens is 1. The number of pyridine rings is 1. The predicted octanol–water partition coefficient (Wildman–Crippen LogP) is 9.13. The van der Waals surface area contributed by atoms with E-state index in [1.54, 1.807) is 18.5 Å². The maximum atomic E-state index is 11.4. The fourth-order valence-electron chi connectivity index (χ4n) is 7.68. The highest BCUT2D eigenvalue weighted by Gasteiger charge is 2.24. The number of ether oxygens (including phenoxy) is 3. The molecule has 0 aliphatic carbocycles. The molecule has 0 saturated carbocycles. The third-order valence-electron chi connectivity index (χ3n) is 10.7. The van der Waals surface area contributed by atoms with Crippen LogP contribution in [0.15, 0.2) is 67.0 Å². The van der Waals surface area contributed by atoms with Gasteiger partial charge in [0.15, 0.2) is 0 Å². The van der Waals surface area contributed by atoms with E-state index < -0.39 is 5.97 Å². The van der Waals surface area contributed by atoms with Crippen molar-refractivity contribution in [3.8, 4) is 34.4 Å². The minimum Gasteiger partial charge on any atom is -0.493 e. The number of aliphatic carboxylic acids is 1. The Morgan fingerprint density at radius 1 is 0.870 bits per heavy atom. The molecule has 3 heterocycles. The first-order valence-electron chi connectivity index (χ1n) is 19.2. The van der Waals surface area contributed by atoms with Crippen molar-refractivity contribution in [3.63, 3.8) is 0 Å². The van der Waals surface area contributed by atoms with Gasteiger partial charge in [-0.05, 0) is 112 Å². The molecule has 284 valence electrons. The molecular formula is C44H51ClN4O5. The van der Waals surface area contributed by atoms with Crippen LogP contribution in [0.3, 0.4) is 0 Å². The molecule has 0 spiro atoms. The Kier molecular flexibility index (Phi) is 13.8. The molecule has 2 aliphatic heterocycles. The van der Waals surface area contributed by atoms with Crippen molar-refractivity contribution in [2.75, 3.05) is 32.8 Å². The van der Waals surface area contributed by atoms with Crippen molar-refractivity contribution >= 4 is 17.6 Å². The number of likely N-dealkylation sites (tertiary alicyclic amines) is 2. The summed E-state index contributed by atoms with van der Waals surface area (Å²) in [7, 11) is 0. The summed E-state index contributed by atoms with van der Waals surface area (Å²) in [6.07, 6.45) is 11.1. The maximum absolute atomic E-state index is 11.4. The molecule has 2 saturated heterocycles. The fraction of sp³-hybridized carbons (Fsp3) is 0.432. The Morgan fingerprint density at radius 3 is 2.43 bits per heavy atom. The smallest absolute Gasteiger partial charge is 0.304 e. The van der Waals surface area contributed by atoms with Crippen LogP contribution in [0.2, 0.25) is 5.02 Å². The first kappa shape index (κ1) is 39.1. The van der Waals surface area contributed by atoms with Crippen LogP contribution in [0.5, 0.6) is 17.2 Å². The number of rotatable bonds is 16. The molecule has 4 aromatic rings. The molecular weight excluding hydrogens is 700 g/mol. The van der Waals surface area contributed by atoms with Crippen LogP contribution >= 0.6 is 11.6 Å². The molecule has 0 bridgehead atoms. The van der Waals surface area contributed by atoms with Gasteiger partial charge in [-0.15, -0.1) is 0 Å². The van der Waals surface area contributed by atoms with Crippen molar-refractivity contribution in [3.05, 3.63) is 105 Å². The van der Waals surface area contributed by atoms with Gasteiger partial charge in [-0.25, -0.2) is 0 Å². The van der Waals surface area contributed by atoms with E-state index in [1.807, 2.05) is 24.3 Å². The molecule has 54 heavy (non-hydrogen) atoms. The topological polar surface area (TPSA) is 108 Å². The van der Waals surface area contributed by atoms with Crippen molar-refractivity contribution in [1.82, 2.24) is 14.8 Å². The summed E-state index contributed by atoms with van der Waals surface area (Å²) in [4.78, 5) is 20.3. The minimum atomic E-state index is -0.726. The van der Waals surface area contributed by atoms with E-state index >= 15 is 0 Å². The van der Waals surface area contributed by atoms with Crippen molar-refractivity contribution in [1.29, 1.82) is 5.26 Å².